The van der Waals surface area contributed by atoms with Crippen molar-refractivity contribution >= 4 is 68.4 Å². The molecule has 18 nitrogen and oxygen atoms in total. The summed E-state index contributed by atoms with van der Waals surface area (Å²) < 4.78 is 61.4. The topological polar surface area (TPSA) is 241 Å². The Kier molecular flexibility index (Phi) is 17.0. The second-order valence-electron chi connectivity index (χ2n) is 17.7. The maximum absolute atomic E-state index is 13.7. The number of amides is 3. The van der Waals surface area contributed by atoms with E-state index in [1.165, 1.54) is 93.7 Å². The number of rotatable bonds is 18. The molecule has 80 heavy (non-hydrogen) atoms. The smallest absolute Gasteiger partial charge is 0.308 e. The monoisotopic (exact) mass is 1120 g/mol. The lowest BCUT2D eigenvalue weighted by atomic mass is 10.1. The van der Waals surface area contributed by atoms with E-state index in [-0.39, 0.29) is 49.6 Å². The maximum atomic E-state index is 13.7. The van der Waals surface area contributed by atoms with Crippen LogP contribution >= 0.6 is 22.7 Å². The zero-order valence-electron chi connectivity index (χ0n) is 42.0. The van der Waals surface area contributed by atoms with Crippen molar-refractivity contribution in [2.45, 2.75) is 38.0 Å². The number of H-pyrrole nitrogens is 2. The van der Waals surface area contributed by atoms with Crippen molar-refractivity contribution in [2.75, 3.05) is 13.7 Å². The van der Waals surface area contributed by atoms with Gasteiger partial charge in [-0.25, -0.2) is 37.5 Å². The van der Waals surface area contributed by atoms with Crippen LogP contribution in [-0.4, -0.2) is 76.4 Å². The van der Waals surface area contributed by atoms with E-state index in [2.05, 4.69) is 52.4 Å². The van der Waals surface area contributed by atoms with Gasteiger partial charge in [0, 0.05) is 76.9 Å². The molecule has 0 unspecified atom stereocenters. The van der Waals surface area contributed by atoms with E-state index in [4.69, 9.17) is 4.74 Å². The van der Waals surface area contributed by atoms with Gasteiger partial charge in [-0.1, -0.05) is 24.8 Å². The summed E-state index contributed by atoms with van der Waals surface area (Å²) >= 11 is 2.52. The third kappa shape index (κ3) is 12.7. The van der Waals surface area contributed by atoms with E-state index in [9.17, 15) is 46.3 Å². The molecule has 8 aromatic heterocycles. The van der Waals surface area contributed by atoms with E-state index in [0.717, 1.165) is 46.2 Å². The van der Waals surface area contributed by atoms with Gasteiger partial charge in [-0.15, -0.1) is 22.7 Å². The Bertz CT molecular complexity index is 4080. The van der Waals surface area contributed by atoms with Crippen molar-refractivity contribution in [3.8, 4) is 22.5 Å². The first kappa shape index (κ1) is 55.1. The zero-order valence-corrected chi connectivity index (χ0v) is 43.7. The van der Waals surface area contributed by atoms with Crippen molar-refractivity contribution in [1.29, 1.82) is 0 Å². The standard InChI is InChI=1S/C29H23F2N5O4S.C27H22F2N6O3S/c1-2-11-40-25(37)13-23(28-35-24(16-41-28)20-14-33-26-18(20)5-3-9-32-26)34-27(38)19-6-4-10-36(29(19)39)15-17-7-8-21(30)22(31)12-17;1-30-23(36)11-21(26-34-22(14-39-26)18-12-32-24-16(18)4-2-8-31-24)33-25(37)17-5-3-9-35(27(17)38)13-15-6-7-19(28)20(29)10-15/h2-10,12,14,16,23H,1,11,13,15H2,(H,32,33)(H,34,38);2-10,12,14,21H,11,13H2,1H3,(H,30,36)(H,31,32)(H,33,37)/t23-;21-/m11/s1. The summed E-state index contributed by atoms with van der Waals surface area (Å²) in [4.78, 5) is 102. The maximum Gasteiger partial charge on any atom is 0.308 e. The van der Waals surface area contributed by atoms with Crippen LogP contribution in [0, 0.1) is 23.3 Å². The lowest BCUT2D eigenvalue weighted by Gasteiger charge is -2.16. The Morgan fingerprint density at radius 3 is 1.59 bits per heavy atom. The Morgan fingerprint density at radius 2 is 1.14 bits per heavy atom. The van der Waals surface area contributed by atoms with Crippen LogP contribution in [0.4, 0.5) is 17.6 Å². The average molecular weight is 1120 g/mol. The summed E-state index contributed by atoms with van der Waals surface area (Å²) in [6.07, 6.45) is 10.9. The molecule has 2 atom stereocenters. The highest BCUT2D eigenvalue weighted by molar-refractivity contribution is 7.10. The van der Waals surface area contributed by atoms with Crippen LogP contribution in [0.2, 0.25) is 0 Å². The summed E-state index contributed by atoms with van der Waals surface area (Å²) in [5, 5.41) is 14.3. The minimum atomic E-state index is -1.04. The van der Waals surface area contributed by atoms with E-state index < -0.39 is 64.3 Å². The number of halogens is 4. The van der Waals surface area contributed by atoms with Crippen molar-refractivity contribution in [1.82, 2.24) is 55.0 Å². The van der Waals surface area contributed by atoms with E-state index in [1.54, 1.807) is 30.2 Å². The summed E-state index contributed by atoms with van der Waals surface area (Å²) in [6, 6.07) is 18.1. The lowest BCUT2D eigenvalue weighted by Crippen LogP contribution is -2.37. The molecule has 0 aliphatic rings. The first-order valence-electron chi connectivity index (χ1n) is 24.3. The number of aromatic nitrogens is 8. The molecule has 0 saturated heterocycles. The number of fused-ring (bicyclic) bond motifs is 2. The average Bonchev–Trinajstić information content (AvgIpc) is 4.36. The van der Waals surface area contributed by atoms with Crippen molar-refractivity contribution < 1.29 is 41.5 Å². The van der Waals surface area contributed by atoms with Gasteiger partial charge in [0.1, 0.15) is 39.0 Å². The molecule has 10 rings (SSSR count). The molecule has 0 saturated carbocycles. The molecule has 3 amide bonds. The first-order chi connectivity index (χ1) is 38.7. The molecule has 0 aliphatic heterocycles. The SMILES string of the molecule is C=CCOC(=O)C[C@@H](NC(=O)c1cccn(Cc2ccc(F)c(F)c2)c1=O)c1nc(-c2c[nH]c3ncccc23)cs1.CNC(=O)C[C@@H](NC(=O)c1cccn(Cc2ccc(F)c(F)c2)c1=O)c1nc(-c2c[nH]c3ncccc23)cs1. The number of hydrogen-bond donors (Lipinski definition) is 5. The van der Waals surface area contributed by atoms with Gasteiger partial charge in [0.25, 0.3) is 22.9 Å². The van der Waals surface area contributed by atoms with Gasteiger partial charge < -0.3 is 39.8 Å². The third-order valence-corrected chi connectivity index (χ3v) is 14.2. The van der Waals surface area contributed by atoms with E-state index in [0.29, 0.717) is 43.8 Å². The summed E-state index contributed by atoms with van der Waals surface area (Å²) in [5.41, 5.74) is 3.38. The molecule has 0 fully saturated rings. The molecule has 0 aliphatic carbocycles. The van der Waals surface area contributed by atoms with E-state index >= 15 is 0 Å². The molecular weight excluding hydrogens is 1080 g/mol. The minimum absolute atomic E-state index is 0.00166. The van der Waals surface area contributed by atoms with Gasteiger partial charge in [-0.3, -0.25) is 28.8 Å². The molecule has 8 heterocycles. The van der Waals surface area contributed by atoms with Crippen LogP contribution < -0.4 is 27.1 Å². The number of benzene rings is 2. The third-order valence-electron chi connectivity index (χ3n) is 12.3. The highest BCUT2D eigenvalue weighted by Gasteiger charge is 2.27. The van der Waals surface area contributed by atoms with Crippen LogP contribution in [0.25, 0.3) is 44.6 Å². The van der Waals surface area contributed by atoms with Gasteiger partial charge in [-0.2, -0.15) is 0 Å². The number of pyridine rings is 4. The van der Waals surface area contributed by atoms with Crippen LogP contribution in [-0.2, 0) is 27.4 Å². The van der Waals surface area contributed by atoms with Crippen molar-refractivity contribution in [2.24, 2.45) is 0 Å². The number of esters is 1. The van der Waals surface area contributed by atoms with Gasteiger partial charge in [-0.05, 0) is 83.9 Å². The highest BCUT2D eigenvalue weighted by atomic mass is 32.1. The minimum Gasteiger partial charge on any atom is -0.461 e. The largest absolute Gasteiger partial charge is 0.461 e. The number of aromatic amines is 2. The quantitative estimate of drug-likeness (QED) is 0.0310. The normalized spacial score (nSPS) is 11.8. The summed E-state index contributed by atoms with van der Waals surface area (Å²) in [7, 11) is 1.49. The number of ether oxygens (including phenoxy) is 1. The molecule has 2 aromatic carbocycles. The molecular formula is C56H45F4N11O7S2. The van der Waals surface area contributed by atoms with Gasteiger partial charge in [0.05, 0.1) is 49.4 Å². The second kappa shape index (κ2) is 24.8. The van der Waals surface area contributed by atoms with Gasteiger partial charge in [0.2, 0.25) is 5.91 Å². The lowest BCUT2D eigenvalue weighted by molar-refractivity contribution is -0.143. The van der Waals surface area contributed by atoms with Crippen LogP contribution in [0.15, 0.2) is 155 Å². The second-order valence-corrected chi connectivity index (χ2v) is 19.4. The van der Waals surface area contributed by atoms with Crippen molar-refractivity contribution in [3.05, 3.63) is 222 Å². The highest BCUT2D eigenvalue weighted by Crippen LogP contribution is 2.33. The Morgan fingerprint density at radius 1 is 0.662 bits per heavy atom. The van der Waals surface area contributed by atoms with Gasteiger partial charge in [0.15, 0.2) is 23.3 Å². The summed E-state index contributed by atoms with van der Waals surface area (Å²) in [5.74, 6) is -6.40. The Balaban J connectivity index is 0.000000194. The number of thiazole rings is 2. The molecule has 0 bridgehead atoms. The first-order valence-corrected chi connectivity index (χ1v) is 26.0. The molecule has 0 radical (unpaired) electrons. The number of nitrogens with one attached hydrogen (secondary N) is 5. The molecule has 10 aromatic rings. The predicted molar refractivity (Wildman–Crippen MR) is 292 cm³/mol. The molecule has 24 heteroatoms. The fourth-order valence-corrected chi connectivity index (χ4v) is 10.1. The van der Waals surface area contributed by atoms with Crippen LogP contribution in [0.5, 0.6) is 0 Å². The van der Waals surface area contributed by atoms with Gasteiger partial charge >= 0.3 is 5.97 Å². The summed E-state index contributed by atoms with van der Waals surface area (Å²) in [6.45, 7) is 3.39. The van der Waals surface area contributed by atoms with Crippen LogP contribution in [0.1, 0.15) is 66.8 Å². The predicted octanol–water partition coefficient (Wildman–Crippen LogP) is 8.55. The molecule has 406 valence electrons. The van der Waals surface area contributed by atoms with E-state index in [1.807, 2.05) is 29.6 Å². The fraction of sp³-hybridized carbons (Fsp3) is 0.143. The Labute approximate surface area is 458 Å². The van der Waals surface area contributed by atoms with Crippen molar-refractivity contribution in [3.63, 3.8) is 0 Å². The number of carbonyl (C=O) groups excluding carboxylic acids is 4. The Hall–Kier alpha value is -9.68. The molecule has 0 spiro atoms. The zero-order chi connectivity index (χ0) is 56.5. The molecule has 5 N–H and O–H groups in total. The number of carbonyl (C=O) groups is 4. The number of nitrogens with zero attached hydrogens (tertiary/aromatic N) is 6. The number of hydrogen-bond acceptors (Lipinski definition) is 13. The van der Waals surface area contributed by atoms with Crippen LogP contribution in [0.3, 0.4) is 0 Å². The fourth-order valence-electron chi connectivity index (χ4n) is 8.35.